The van der Waals surface area contributed by atoms with Gasteiger partial charge in [-0.3, -0.25) is 0 Å². The molecule has 0 saturated heterocycles. The first-order chi connectivity index (χ1) is 9.45. The molecule has 0 unspecified atom stereocenters. The van der Waals surface area contributed by atoms with Gasteiger partial charge in [0.05, 0.1) is 0 Å². The van der Waals surface area contributed by atoms with Crippen LogP contribution in [0.25, 0.3) is 0 Å². The average Bonchev–Trinajstić information content (AvgIpc) is 2.85. The maximum Gasteiger partial charge on any atom is 0.250 e. The Balaban J connectivity index is 2.46. The third-order valence-corrected chi connectivity index (χ3v) is 5.59. The molecule has 0 radical (unpaired) electrons. The fourth-order valence-corrected chi connectivity index (χ4v) is 3.92. The molecule has 0 aliphatic rings. The van der Waals surface area contributed by atoms with Gasteiger partial charge < -0.3 is 10.1 Å². The van der Waals surface area contributed by atoms with E-state index >= 15 is 0 Å². The maximum absolute atomic E-state index is 12.1. The molecule has 1 heterocycles. The smallest absolute Gasteiger partial charge is 0.250 e. The standard InChI is InChI=1S/C13H24N2O3S2/c1-4-18-9-5-8-15-20(16,17)13-7-6-12(19-13)10-14-11(2)3/h6-7,11,14-15H,4-5,8-10H2,1-3H3. The molecule has 0 aliphatic carbocycles. The van der Waals surface area contributed by atoms with E-state index in [1.165, 1.54) is 11.3 Å². The predicted octanol–water partition coefficient (Wildman–Crippen LogP) is 1.95. The van der Waals surface area contributed by atoms with Crippen LogP contribution in [0.15, 0.2) is 16.3 Å². The zero-order chi connectivity index (χ0) is 15.0. The molecule has 2 N–H and O–H groups in total. The second-order valence-electron chi connectivity index (χ2n) is 4.70. The molecule has 0 bridgehead atoms. The highest BCUT2D eigenvalue weighted by Crippen LogP contribution is 2.21. The molecule has 0 amide bonds. The van der Waals surface area contributed by atoms with E-state index in [4.69, 9.17) is 4.74 Å². The predicted molar refractivity (Wildman–Crippen MR) is 82.6 cm³/mol. The van der Waals surface area contributed by atoms with Gasteiger partial charge in [0, 0.05) is 37.2 Å². The number of rotatable bonds is 10. The fourth-order valence-electron chi connectivity index (χ4n) is 1.50. The van der Waals surface area contributed by atoms with Crippen molar-refractivity contribution in [1.82, 2.24) is 10.0 Å². The first kappa shape index (κ1) is 17.6. The summed E-state index contributed by atoms with van der Waals surface area (Å²) in [6.45, 7) is 8.37. The van der Waals surface area contributed by atoms with E-state index in [2.05, 4.69) is 23.9 Å². The molecule has 0 aromatic carbocycles. The molecule has 7 heteroatoms. The summed E-state index contributed by atoms with van der Waals surface area (Å²) in [4.78, 5) is 1.02. The number of nitrogens with one attached hydrogen (secondary N) is 2. The Morgan fingerprint density at radius 2 is 2.10 bits per heavy atom. The van der Waals surface area contributed by atoms with E-state index in [1.807, 2.05) is 13.0 Å². The van der Waals surface area contributed by atoms with E-state index in [1.54, 1.807) is 6.07 Å². The summed E-state index contributed by atoms with van der Waals surface area (Å²) in [5, 5.41) is 3.27. The summed E-state index contributed by atoms with van der Waals surface area (Å²) in [6, 6.07) is 3.90. The first-order valence-corrected chi connectivity index (χ1v) is 9.15. The van der Waals surface area contributed by atoms with Crippen molar-refractivity contribution >= 4 is 21.4 Å². The molecule has 116 valence electrons. The van der Waals surface area contributed by atoms with Crippen molar-refractivity contribution < 1.29 is 13.2 Å². The van der Waals surface area contributed by atoms with Gasteiger partial charge in [0.25, 0.3) is 0 Å². The van der Waals surface area contributed by atoms with Crippen LogP contribution in [0.4, 0.5) is 0 Å². The first-order valence-electron chi connectivity index (χ1n) is 6.85. The van der Waals surface area contributed by atoms with Gasteiger partial charge in [-0.15, -0.1) is 11.3 Å². The summed E-state index contributed by atoms with van der Waals surface area (Å²) >= 11 is 1.31. The number of hydrogen-bond donors (Lipinski definition) is 2. The van der Waals surface area contributed by atoms with Crippen LogP contribution in [-0.4, -0.2) is 34.2 Å². The summed E-state index contributed by atoms with van der Waals surface area (Å²) in [7, 11) is -3.38. The van der Waals surface area contributed by atoms with Crippen molar-refractivity contribution in [2.75, 3.05) is 19.8 Å². The second kappa shape index (κ2) is 8.74. The Morgan fingerprint density at radius 3 is 2.75 bits per heavy atom. The SMILES string of the molecule is CCOCCCNS(=O)(=O)c1ccc(CNC(C)C)s1. The Hall–Kier alpha value is -0.470. The lowest BCUT2D eigenvalue weighted by Gasteiger charge is -2.06. The Labute approximate surface area is 125 Å². The van der Waals surface area contributed by atoms with E-state index in [9.17, 15) is 8.42 Å². The zero-order valence-electron chi connectivity index (χ0n) is 12.3. The number of thiophene rings is 1. The summed E-state index contributed by atoms with van der Waals surface area (Å²) in [5.74, 6) is 0. The normalized spacial score (nSPS) is 12.2. The average molecular weight is 320 g/mol. The van der Waals surface area contributed by atoms with Crippen LogP contribution in [-0.2, 0) is 21.3 Å². The van der Waals surface area contributed by atoms with Crippen LogP contribution >= 0.6 is 11.3 Å². The van der Waals surface area contributed by atoms with Crippen molar-refractivity contribution in [2.24, 2.45) is 0 Å². The van der Waals surface area contributed by atoms with Crippen molar-refractivity contribution in [2.45, 2.75) is 44.0 Å². The third kappa shape index (κ3) is 6.32. The van der Waals surface area contributed by atoms with Gasteiger partial charge in [-0.2, -0.15) is 0 Å². The molecular formula is C13H24N2O3S2. The lowest BCUT2D eigenvalue weighted by atomic mass is 10.4. The molecular weight excluding hydrogens is 296 g/mol. The molecule has 0 atom stereocenters. The lowest BCUT2D eigenvalue weighted by molar-refractivity contribution is 0.146. The number of sulfonamides is 1. The van der Waals surface area contributed by atoms with Crippen molar-refractivity contribution in [3.63, 3.8) is 0 Å². The molecule has 0 saturated carbocycles. The van der Waals surface area contributed by atoms with E-state index < -0.39 is 10.0 Å². The lowest BCUT2D eigenvalue weighted by Crippen LogP contribution is -2.24. The Morgan fingerprint density at radius 1 is 1.35 bits per heavy atom. The van der Waals surface area contributed by atoms with E-state index in [0.717, 1.165) is 4.88 Å². The van der Waals surface area contributed by atoms with Crippen LogP contribution in [0.3, 0.4) is 0 Å². The summed E-state index contributed by atoms with van der Waals surface area (Å²) < 4.78 is 32.2. The minimum atomic E-state index is -3.38. The van der Waals surface area contributed by atoms with Gasteiger partial charge in [-0.1, -0.05) is 13.8 Å². The van der Waals surface area contributed by atoms with Gasteiger partial charge in [-0.25, -0.2) is 13.1 Å². The monoisotopic (exact) mass is 320 g/mol. The number of hydrogen-bond acceptors (Lipinski definition) is 5. The van der Waals surface area contributed by atoms with Crippen molar-refractivity contribution in [3.05, 3.63) is 17.0 Å². The number of ether oxygens (including phenoxy) is 1. The van der Waals surface area contributed by atoms with Gasteiger partial charge in [0.1, 0.15) is 4.21 Å². The summed E-state index contributed by atoms with van der Waals surface area (Å²) in [6.07, 6.45) is 0.681. The van der Waals surface area contributed by atoms with Crippen LogP contribution in [0.5, 0.6) is 0 Å². The van der Waals surface area contributed by atoms with Crippen LogP contribution < -0.4 is 10.0 Å². The largest absolute Gasteiger partial charge is 0.382 e. The van der Waals surface area contributed by atoms with Crippen LogP contribution in [0.2, 0.25) is 0 Å². The van der Waals surface area contributed by atoms with Gasteiger partial charge in [0.2, 0.25) is 10.0 Å². The quantitative estimate of drug-likeness (QED) is 0.647. The highest BCUT2D eigenvalue weighted by molar-refractivity contribution is 7.91. The zero-order valence-corrected chi connectivity index (χ0v) is 13.9. The van der Waals surface area contributed by atoms with Crippen molar-refractivity contribution in [3.8, 4) is 0 Å². The summed E-state index contributed by atoms with van der Waals surface area (Å²) in [5.41, 5.74) is 0. The minimum Gasteiger partial charge on any atom is -0.382 e. The van der Waals surface area contributed by atoms with Gasteiger partial charge >= 0.3 is 0 Å². The highest BCUT2D eigenvalue weighted by atomic mass is 32.2. The molecule has 1 rings (SSSR count). The van der Waals surface area contributed by atoms with Crippen molar-refractivity contribution in [1.29, 1.82) is 0 Å². The second-order valence-corrected chi connectivity index (χ2v) is 7.87. The fraction of sp³-hybridized carbons (Fsp3) is 0.692. The highest BCUT2D eigenvalue weighted by Gasteiger charge is 2.16. The maximum atomic E-state index is 12.1. The van der Waals surface area contributed by atoms with Gasteiger partial charge in [0.15, 0.2) is 0 Å². The molecule has 0 aliphatic heterocycles. The Kier molecular flexibility index (Phi) is 7.68. The third-order valence-electron chi connectivity index (χ3n) is 2.55. The Bertz CT molecular complexity index is 484. The van der Waals surface area contributed by atoms with Crippen LogP contribution in [0.1, 0.15) is 32.1 Å². The van der Waals surface area contributed by atoms with Gasteiger partial charge in [-0.05, 0) is 25.5 Å². The molecule has 0 fully saturated rings. The van der Waals surface area contributed by atoms with E-state index in [0.29, 0.717) is 43.0 Å². The van der Waals surface area contributed by atoms with Crippen LogP contribution in [0, 0.1) is 0 Å². The topological polar surface area (TPSA) is 67.4 Å². The molecule has 5 nitrogen and oxygen atoms in total. The molecule has 1 aromatic rings. The van der Waals surface area contributed by atoms with E-state index in [-0.39, 0.29) is 0 Å². The molecule has 20 heavy (non-hydrogen) atoms. The minimum absolute atomic E-state index is 0.370. The molecule has 1 aromatic heterocycles. The molecule has 0 spiro atoms.